The largest absolute Gasteiger partial charge is 0.440 e. The molecule has 0 unspecified atom stereocenters. The molecule has 0 aliphatic heterocycles. The molecule has 0 saturated carbocycles. The van der Waals surface area contributed by atoms with Crippen molar-refractivity contribution in [1.82, 2.24) is 15.0 Å². The van der Waals surface area contributed by atoms with E-state index >= 15 is 0 Å². The summed E-state index contributed by atoms with van der Waals surface area (Å²) in [6, 6.07) is 0. The topological polar surface area (TPSA) is 68.9 Å². The maximum Gasteiger partial charge on any atom is 0.261 e. The summed E-state index contributed by atoms with van der Waals surface area (Å²) in [5, 5.41) is 0.939. The number of hydrogen-bond acceptors (Lipinski definition) is 6. The Kier molecular flexibility index (Phi) is 2.98. The Morgan fingerprint density at radius 2 is 2.27 bits per heavy atom. The van der Waals surface area contributed by atoms with Crippen LogP contribution in [0.15, 0.2) is 33.5 Å². The molecule has 7 heteroatoms. The molecular weight excluding hydrogens is 238 g/mol. The van der Waals surface area contributed by atoms with Crippen molar-refractivity contribution in [1.29, 1.82) is 0 Å². The molecule has 76 valence electrons. The third kappa shape index (κ3) is 2.16. The molecule has 0 aliphatic carbocycles. The Balaban J connectivity index is 2.36. The van der Waals surface area contributed by atoms with Gasteiger partial charge in [-0.2, -0.15) is 0 Å². The number of aldehydes is 1. The number of halogens is 1. The van der Waals surface area contributed by atoms with E-state index in [2.05, 4.69) is 15.0 Å². The van der Waals surface area contributed by atoms with Crippen molar-refractivity contribution in [2.45, 2.75) is 10.2 Å². The molecule has 0 amide bonds. The lowest BCUT2D eigenvalue weighted by Gasteiger charge is -2.00. The quantitative estimate of drug-likeness (QED) is 0.605. The van der Waals surface area contributed by atoms with Crippen molar-refractivity contribution in [3.63, 3.8) is 0 Å². The molecule has 2 heterocycles. The lowest BCUT2D eigenvalue weighted by molar-refractivity contribution is 0.112. The van der Waals surface area contributed by atoms with Crippen molar-refractivity contribution in [2.75, 3.05) is 0 Å². The molecule has 2 rings (SSSR count). The molecule has 0 atom stereocenters. The van der Waals surface area contributed by atoms with E-state index in [9.17, 15) is 4.79 Å². The van der Waals surface area contributed by atoms with Crippen LogP contribution in [0.25, 0.3) is 0 Å². The van der Waals surface area contributed by atoms with E-state index < -0.39 is 0 Å². The summed E-state index contributed by atoms with van der Waals surface area (Å²) in [5.74, 6) is 0. The minimum absolute atomic E-state index is 0.119. The number of hydrogen-bond donors (Lipinski definition) is 0. The highest BCUT2D eigenvalue weighted by atomic mass is 35.5. The van der Waals surface area contributed by atoms with Gasteiger partial charge in [0.25, 0.3) is 5.22 Å². The summed E-state index contributed by atoms with van der Waals surface area (Å²) in [6.07, 6.45) is 4.83. The summed E-state index contributed by atoms with van der Waals surface area (Å²) in [7, 11) is 0. The molecular formula is C8H4ClN3O2S. The SMILES string of the molecule is O=Cc1c(Cl)ncnc1Sc1ncco1. The molecule has 0 N–H and O–H groups in total. The molecule has 0 spiro atoms. The molecule has 5 nitrogen and oxygen atoms in total. The summed E-state index contributed by atoms with van der Waals surface area (Å²) in [6.45, 7) is 0. The van der Waals surface area contributed by atoms with Crippen LogP contribution in [0.5, 0.6) is 0 Å². The van der Waals surface area contributed by atoms with Crippen LogP contribution in [0.2, 0.25) is 5.15 Å². The first-order valence-corrected chi connectivity index (χ1v) is 5.03. The summed E-state index contributed by atoms with van der Waals surface area (Å²) in [5.41, 5.74) is 0.238. The summed E-state index contributed by atoms with van der Waals surface area (Å²) >= 11 is 6.84. The minimum atomic E-state index is 0.119. The van der Waals surface area contributed by atoms with Crippen molar-refractivity contribution in [3.8, 4) is 0 Å². The first-order valence-electron chi connectivity index (χ1n) is 3.84. The van der Waals surface area contributed by atoms with Gasteiger partial charge in [-0.1, -0.05) is 11.6 Å². The fourth-order valence-electron chi connectivity index (χ4n) is 0.883. The smallest absolute Gasteiger partial charge is 0.261 e. The molecule has 0 fully saturated rings. The van der Waals surface area contributed by atoms with Gasteiger partial charge in [-0.25, -0.2) is 15.0 Å². The van der Waals surface area contributed by atoms with Crippen LogP contribution >= 0.6 is 23.4 Å². The zero-order valence-electron chi connectivity index (χ0n) is 7.25. The molecule has 2 aromatic heterocycles. The van der Waals surface area contributed by atoms with E-state index in [4.69, 9.17) is 16.0 Å². The van der Waals surface area contributed by atoms with Gasteiger partial charge in [-0.15, -0.1) is 0 Å². The first kappa shape index (κ1) is 10.1. The number of carbonyl (C=O) groups excluding carboxylic acids is 1. The highest BCUT2D eigenvalue weighted by molar-refractivity contribution is 7.99. The van der Waals surface area contributed by atoms with E-state index in [0.29, 0.717) is 16.5 Å². The van der Waals surface area contributed by atoms with Crippen molar-refractivity contribution in [3.05, 3.63) is 29.5 Å². The van der Waals surface area contributed by atoms with Crippen LogP contribution in [0.4, 0.5) is 0 Å². The third-order valence-electron chi connectivity index (χ3n) is 1.51. The predicted octanol–water partition coefficient (Wildman–Crippen LogP) is 2.08. The van der Waals surface area contributed by atoms with E-state index in [0.717, 1.165) is 11.8 Å². The highest BCUT2D eigenvalue weighted by Gasteiger charge is 2.12. The zero-order chi connectivity index (χ0) is 10.7. The molecule has 2 aromatic rings. The van der Waals surface area contributed by atoms with Gasteiger partial charge in [0.15, 0.2) is 6.29 Å². The Hall–Kier alpha value is -1.40. The number of rotatable bonds is 3. The van der Waals surface area contributed by atoms with Crippen molar-refractivity contribution < 1.29 is 9.21 Å². The normalized spacial score (nSPS) is 10.2. The maximum absolute atomic E-state index is 10.7. The molecule has 0 bridgehead atoms. The van der Waals surface area contributed by atoms with Gasteiger partial charge in [-0.3, -0.25) is 4.79 Å². The zero-order valence-corrected chi connectivity index (χ0v) is 8.83. The Morgan fingerprint density at radius 3 is 2.93 bits per heavy atom. The van der Waals surface area contributed by atoms with Crippen LogP contribution in [-0.2, 0) is 0 Å². The van der Waals surface area contributed by atoms with E-state index in [-0.39, 0.29) is 10.7 Å². The second-order valence-corrected chi connectivity index (χ2v) is 3.70. The van der Waals surface area contributed by atoms with Crippen LogP contribution < -0.4 is 0 Å². The highest BCUT2D eigenvalue weighted by Crippen LogP contribution is 2.28. The Morgan fingerprint density at radius 1 is 1.40 bits per heavy atom. The van der Waals surface area contributed by atoms with E-state index in [1.165, 1.54) is 18.8 Å². The Bertz CT molecular complexity index is 475. The van der Waals surface area contributed by atoms with Crippen molar-refractivity contribution >= 4 is 29.6 Å². The number of nitrogens with zero attached hydrogens (tertiary/aromatic N) is 3. The lowest BCUT2D eigenvalue weighted by atomic mass is 10.4. The van der Waals surface area contributed by atoms with Crippen LogP contribution in [0, 0.1) is 0 Å². The monoisotopic (exact) mass is 241 g/mol. The Labute approximate surface area is 93.9 Å². The molecule has 0 saturated heterocycles. The van der Waals surface area contributed by atoms with Crippen LogP contribution in [-0.4, -0.2) is 21.2 Å². The van der Waals surface area contributed by atoms with E-state index in [1.54, 1.807) is 0 Å². The lowest BCUT2D eigenvalue weighted by Crippen LogP contribution is -1.93. The fraction of sp³-hybridized carbons (Fsp3) is 0. The van der Waals surface area contributed by atoms with Gasteiger partial charge in [0.2, 0.25) is 0 Å². The first-order chi connectivity index (χ1) is 7.31. The average Bonchev–Trinajstić information content (AvgIpc) is 2.71. The minimum Gasteiger partial charge on any atom is -0.440 e. The van der Waals surface area contributed by atoms with Gasteiger partial charge in [0, 0.05) is 0 Å². The maximum atomic E-state index is 10.7. The van der Waals surface area contributed by atoms with Gasteiger partial charge in [0.1, 0.15) is 22.8 Å². The van der Waals surface area contributed by atoms with Crippen molar-refractivity contribution in [2.24, 2.45) is 0 Å². The molecule has 0 radical (unpaired) electrons. The van der Waals surface area contributed by atoms with Gasteiger partial charge in [0.05, 0.1) is 11.8 Å². The van der Waals surface area contributed by atoms with Crippen LogP contribution in [0.3, 0.4) is 0 Å². The van der Waals surface area contributed by atoms with Crippen LogP contribution in [0.1, 0.15) is 10.4 Å². The second kappa shape index (κ2) is 4.41. The molecule has 15 heavy (non-hydrogen) atoms. The summed E-state index contributed by atoms with van der Waals surface area (Å²) in [4.78, 5) is 22.3. The molecule has 0 aromatic carbocycles. The number of aromatic nitrogens is 3. The van der Waals surface area contributed by atoms with Gasteiger partial charge in [-0.05, 0) is 11.8 Å². The predicted molar refractivity (Wildman–Crippen MR) is 53.1 cm³/mol. The third-order valence-corrected chi connectivity index (χ3v) is 2.71. The summed E-state index contributed by atoms with van der Waals surface area (Å²) < 4.78 is 5.01. The van der Waals surface area contributed by atoms with Gasteiger partial charge >= 0.3 is 0 Å². The average molecular weight is 242 g/mol. The number of oxazole rings is 1. The second-order valence-electron chi connectivity index (χ2n) is 2.40. The number of carbonyl (C=O) groups is 1. The standard InChI is InChI=1S/C8H4ClN3O2S/c9-6-5(3-13)7(12-4-11-6)15-8-10-1-2-14-8/h1-4H. The molecule has 0 aliphatic rings. The van der Waals surface area contributed by atoms with E-state index in [1.807, 2.05) is 0 Å². The van der Waals surface area contributed by atoms with Gasteiger partial charge < -0.3 is 4.42 Å². The fourth-order valence-corrected chi connectivity index (χ4v) is 1.85.